The molecule has 0 unspecified atom stereocenters. The Balaban J connectivity index is 2.59. The number of nitrogens with one attached hydrogen (secondary N) is 1. The van der Waals surface area contributed by atoms with Crippen molar-refractivity contribution in [1.29, 1.82) is 0 Å². The minimum absolute atomic E-state index is 0.332. The Kier molecular flexibility index (Phi) is 3.73. The Morgan fingerprint density at radius 3 is 2.65 bits per heavy atom. The van der Waals surface area contributed by atoms with Crippen molar-refractivity contribution in [3.8, 4) is 10.8 Å². The van der Waals surface area contributed by atoms with Crippen molar-refractivity contribution in [2.45, 2.75) is 19.8 Å². The van der Waals surface area contributed by atoms with Gasteiger partial charge in [0.2, 0.25) is 0 Å². The molecule has 0 aliphatic rings. The Hall–Kier alpha value is -1.01. The van der Waals surface area contributed by atoms with Crippen molar-refractivity contribution < 1.29 is 0 Å². The molecule has 1 N–H and O–H groups in total. The molecule has 2 heterocycles. The van der Waals surface area contributed by atoms with Crippen LogP contribution in [0.3, 0.4) is 0 Å². The van der Waals surface area contributed by atoms with Crippen LogP contribution in [0, 0.1) is 0 Å². The lowest BCUT2D eigenvalue weighted by Crippen LogP contribution is -2.04. The van der Waals surface area contributed by atoms with Crippen molar-refractivity contribution in [3.63, 3.8) is 0 Å². The van der Waals surface area contributed by atoms with E-state index in [-0.39, 0.29) is 0 Å². The molecule has 4 nitrogen and oxygen atoms in total. The zero-order valence-electron chi connectivity index (χ0n) is 9.86. The van der Waals surface area contributed by atoms with Crippen molar-refractivity contribution in [2.24, 2.45) is 0 Å². The standard InChI is InChI=1S/C11H13BrN4S/c1-6(2)8-7(12)9(13-3)16-10(15-8)11-14-4-5-17-11/h4-6H,1-3H3,(H,13,15,16). The molecule has 0 aliphatic carbocycles. The third-order valence-electron chi connectivity index (χ3n) is 2.28. The molecule has 2 aromatic rings. The van der Waals surface area contributed by atoms with E-state index >= 15 is 0 Å². The van der Waals surface area contributed by atoms with E-state index < -0.39 is 0 Å². The van der Waals surface area contributed by atoms with E-state index in [1.165, 1.54) is 0 Å². The monoisotopic (exact) mass is 312 g/mol. The molecule has 17 heavy (non-hydrogen) atoms. The summed E-state index contributed by atoms with van der Waals surface area (Å²) in [6, 6.07) is 0. The molecule has 0 atom stereocenters. The molecule has 0 saturated heterocycles. The van der Waals surface area contributed by atoms with E-state index in [1.54, 1.807) is 17.5 Å². The van der Waals surface area contributed by atoms with Crippen LogP contribution in [0.2, 0.25) is 0 Å². The minimum atomic E-state index is 0.332. The van der Waals surface area contributed by atoms with Crippen LogP contribution in [0.5, 0.6) is 0 Å². The van der Waals surface area contributed by atoms with Crippen LogP contribution in [0.4, 0.5) is 5.82 Å². The zero-order valence-corrected chi connectivity index (χ0v) is 12.3. The van der Waals surface area contributed by atoms with Gasteiger partial charge in [-0.15, -0.1) is 11.3 Å². The van der Waals surface area contributed by atoms with Gasteiger partial charge in [0.15, 0.2) is 10.8 Å². The lowest BCUT2D eigenvalue weighted by molar-refractivity contribution is 0.810. The SMILES string of the molecule is CNc1nc(-c2nccs2)nc(C(C)C)c1Br. The van der Waals surface area contributed by atoms with Crippen LogP contribution < -0.4 is 5.32 Å². The third-order valence-corrected chi connectivity index (χ3v) is 3.83. The van der Waals surface area contributed by atoms with Gasteiger partial charge in [-0.3, -0.25) is 0 Å². The van der Waals surface area contributed by atoms with Gasteiger partial charge in [-0.2, -0.15) is 0 Å². The lowest BCUT2D eigenvalue weighted by Gasteiger charge is -2.12. The van der Waals surface area contributed by atoms with Crippen LogP contribution in [-0.4, -0.2) is 22.0 Å². The molecule has 0 fully saturated rings. The molecule has 0 bridgehead atoms. The van der Waals surface area contributed by atoms with Gasteiger partial charge in [0.25, 0.3) is 0 Å². The molecule has 0 spiro atoms. The summed E-state index contributed by atoms with van der Waals surface area (Å²) < 4.78 is 0.926. The highest BCUT2D eigenvalue weighted by Gasteiger charge is 2.16. The lowest BCUT2D eigenvalue weighted by atomic mass is 10.1. The first-order chi connectivity index (χ1) is 8.13. The highest BCUT2D eigenvalue weighted by atomic mass is 79.9. The fraction of sp³-hybridized carbons (Fsp3) is 0.364. The number of halogens is 1. The van der Waals surface area contributed by atoms with E-state index in [1.807, 2.05) is 12.4 Å². The maximum atomic E-state index is 4.57. The smallest absolute Gasteiger partial charge is 0.191 e. The first-order valence-corrected chi connectivity index (χ1v) is 6.95. The molecule has 2 aromatic heterocycles. The highest BCUT2D eigenvalue weighted by Crippen LogP contribution is 2.31. The van der Waals surface area contributed by atoms with Gasteiger partial charge in [-0.05, 0) is 21.8 Å². The van der Waals surface area contributed by atoms with Crippen LogP contribution >= 0.6 is 27.3 Å². The molecule has 0 saturated carbocycles. The second kappa shape index (κ2) is 5.10. The Labute approximate surface area is 113 Å². The Bertz CT molecular complexity index is 510. The first-order valence-electron chi connectivity index (χ1n) is 5.28. The highest BCUT2D eigenvalue weighted by molar-refractivity contribution is 9.10. The second-order valence-corrected chi connectivity index (χ2v) is 5.52. The number of hydrogen-bond donors (Lipinski definition) is 1. The van der Waals surface area contributed by atoms with Gasteiger partial charge in [0.1, 0.15) is 5.82 Å². The van der Waals surface area contributed by atoms with Crippen molar-refractivity contribution in [2.75, 3.05) is 12.4 Å². The topological polar surface area (TPSA) is 50.7 Å². The molecule has 90 valence electrons. The molecule has 6 heteroatoms. The molecule has 0 amide bonds. The van der Waals surface area contributed by atoms with Gasteiger partial charge < -0.3 is 5.32 Å². The van der Waals surface area contributed by atoms with E-state index in [0.717, 1.165) is 21.0 Å². The predicted octanol–water partition coefficient (Wildman–Crippen LogP) is 3.53. The number of aromatic nitrogens is 3. The van der Waals surface area contributed by atoms with Gasteiger partial charge in [0.05, 0.1) is 10.2 Å². The van der Waals surface area contributed by atoms with Crippen LogP contribution in [0.15, 0.2) is 16.0 Å². The first kappa shape index (κ1) is 12.4. The summed E-state index contributed by atoms with van der Waals surface area (Å²) in [5.74, 6) is 1.81. The molecule has 2 rings (SSSR count). The normalized spacial score (nSPS) is 10.9. The summed E-state index contributed by atoms with van der Waals surface area (Å²) in [5.41, 5.74) is 0.995. The van der Waals surface area contributed by atoms with Gasteiger partial charge >= 0.3 is 0 Å². The van der Waals surface area contributed by atoms with E-state index in [2.05, 4.69) is 50.0 Å². The number of anilines is 1. The molecule has 0 aliphatic heterocycles. The Morgan fingerprint density at radius 1 is 1.35 bits per heavy atom. The van der Waals surface area contributed by atoms with Crippen LogP contribution in [0.1, 0.15) is 25.5 Å². The maximum absolute atomic E-state index is 4.57. The van der Waals surface area contributed by atoms with Crippen molar-refractivity contribution >= 4 is 33.1 Å². The summed E-state index contributed by atoms with van der Waals surface area (Å²) in [6.07, 6.45) is 1.76. The average molecular weight is 313 g/mol. The number of thiazole rings is 1. The second-order valence-electron chi connectivity index (χ2n) is 3.84. The quantitative estimate of drug-likeness (QED) is 0.942. The summed E-state index contributed by atoms with van der Waals surface area (Å²) in [5, 5.41) is 5.84. The number of nitrogens with zero attached hydrogens (tertiary/aromatic N) is 3. The molecule has 0 radical (unpaired) electrons. The van der Waals surface area contributed by atoms with Gasteiger partial charge in [0, 0.05) is 18.6 Å². The van der Waals surface area contributed by atoms with E-state index in [0.29, 0.717) is 11.7 Å². The van der Waals surface area contributed by atoms with Crippen molar-refractivity contribution in [1.82, 2.24) is 15.0 Å². The fourth-order valence-corrected chi connectivity index (χ4v) is 2.84. The summed E-state index contributed by atoms with van der Waals surface area (Å²) in [4.78, 5) is 13.3. The predicted molar refractivity (Wildman–Crippen MR) is 74.5 cm³/mol. The molecular weight excluding hydrogens is 300 g/mol. The fourth-order valence-electron chi connectivity index (χ4n) is 1.44. The van der Waals surface area contributed by atoms with E-state index in [9.17, 15) is 0 Å². The average Bonchev–Trinajstić information content (AvgIpc) is 2.82. The molecular formula is C11H13BrN4S. The number of hydrogen-bond acceptors (Lipinski definition) is 5. The summed E-state index contributed by atoms with van der Waals surface area (Å²) >= 11 is 5.08. The Morgan fingerprint density at radius 2 is 2.12 bits per heavy atom. The van der Waals surface area contributed by atoms with Gasteiger partial charge in [-0.1, -0.05) is 13.8 Å². The minimum Gasteiger partial charge on any atom is -0.372 e. The van der Waals surface area contributed by atoms with E-state index in [4.69, 9.17) is 0 Å². The van der Waals surface area contributed by atoms with Gasteiger partial charge in [-0.25, -0.2) is 15.0 Å². The van der Waals surface area contributed by atoms with Crippen molar-refractivity contribution in [3.05, 3.63) is 21.7 Å². The largest absolute Gasteiger partial charge is 0.372 e. The maximum Gasteiger partial charge on any atom is 0.191 e. The summed E-state index contributed by atoms with van der Waals surface area (Å²) in [7, 11) is 1.85. The summed E-state index contributed by atoms with van der Waals surface area (Å²) in [6.45, 7) is 4.22. The van der Waals surface area contributed by atoms with Crippen LogP contribution in [-0.2, 0) is 0 Å². The van der Waals surface area contributed by atoms with Crippen LogP contribution in [0.25, 0.3) is 10.8 Å². The zero-order chi connectivity index (χ0) is 12.4. The molecule has 0 aromatic carbocycles. The third kappa shape index (κ3) is 2.47. The number of rotatable bonds is 3.